The number of nitrogens with zero attached hydrogens (tertiary/aromatic N) is 2. The summed E-state index contributed by atoms with van der Waals surface area (Å²) >= 11 is 14.4. The van der Waals surface area contributed by atoms with Crippen LogP contribution in [0.15, 0.2) is 40.9 Å². The molecule has 2 aromatic carbocycles. The minimum Gasteiger partial charge on any atom is -0.478 e. The Bertz CT molecular complexity index is 1560. The van der Waals surface area contributed by atoms with Gasteiger partial charge in [0.2, 0.25) is 0 Å². The van der Waals surface area contributed by atoms with Crippen LogP contribution < -0.4 is 0 Å². The van der Waals surface area contributed by atoms with Gasteiger partial charge in [0, 0.05) is 17.0 Å². The van der Waals surface area contributed by atoms with Crippen LogP contribution in [0.3, 0.4) is 0 Å². The number of ether oxygens (including phenoxy) is 1. The van der Waals surface area contributed by atoms with Crippen molar-refractivity contribution in [1.82, 2.24) is 10.1 Å². The van der Waals surface area contributed by atoms with Crippen LogP contribution >= 0.6 is 34.5 Å². The van der Waals surface area contributed by atoms with E-state index in [-0.39, 0.29) is 23.5 Å². The molecule has 0 amide bonds. The van der Waals surface area contributed by atoms with E-state index in [1.807, 2.05) is 6.07 Å². The number of rotatable bonds is 7. The molecule has 2 heterocycles. The SMILES string of the molecule is O=C(O)c1ccc2nc([C@@]3(O)[C@@H]4CC[C@H]3C[C@@H](OCc3c(-c5c(Cl)cccc5Cl)noc3C3CC3)C4)sc2c1. The zero-order valence-electron chi connectivity index (χ0n) is 20.9. The molecule has 3 saturated carbocycles. The maximum Gasteiger partial charge on any atom is 0.335 e. The fourth-order valence-corrected chi connectivity index (χ4v) is 8.30. The lowest BCUT2D eigenvalue weighted by Crippen LogP contribution is -2.44. The summed E-state index contributed by atoms with van der Waals surface area (Å²) in [7, 11) is 0. The number of aromatic nitrogens is 2. The minimum absolute atomic E-state index is 0.0172. The van der Waals surface area contributed by atoms with Crippen LogP contribution in [0, 0.1) is 11.8 Å². The summed E-state index contributed by atoms with van der Waals surface area (Å²) in [5.41, 5.74) is 2.12. The summed E-state index contributed by atoms with van der Waals surface area (Å²) in [6.45, 7) is 0.341. The Balaban J connectivity index is 1.13. The first-order valence-corrected chi connectivity index (χ1v) is 14.8. The molecule has 2 N–H and O–H groups in total. The van der Waals surface area contributed by atoms with Gasteiger partial charge in [-0.15, -0.1) is 11.3 Å². The molecule has 4 aromatic rings. The largest absolute Gasteiger partial charge is 0.478 e. The van der Waals surface area contributed by atoms with Gasteiger partial charge in [-0.1, -0.05) is 34.4 Å². The van der Waals surface area contributed by atoms with Crippen molar-refractivity contribution in [2.45, 2.75) is 62.8 Å². The number of carbonyl (C=O) groups is 1. The minimum atomic E-state index is -1.03. The molecule has 0 radical (unpaired) electrons. The highest BCUT2D eigenvalue weighted by molar-refractivity contribution is 7.18. The second-order valence-electron chi connectivity index (χ2n) is 11.0. The van der Waals surface area contributed by atoms with Gasteiger partial charge >= 0.3 is 5.97 Å². The lowest BCUT2D eigenvalue weighted by Gasteiger charge is -2.41. The fraction of sp³-hybridized carbons (Fsp3) is 0.414. The number of carboxylic acid groups (broad SMARTS) is 1. The Morgan fingerprint density at radius 3 is 2.49 bits per heavy atom. The summed E-state index contributed by atoms with van der Waals surface area (Å²) in [4.78, 5) is 16.2. The van der Waals surface area contributed by atoms with Gasteiger partial charge in [-0.2, -0.15) is 0 Å². The Morgan fingerprint density at radius 2 is 1.82 bits per heavy atom. The van der Waals surface area contributed by atoms with E-state index in [1.165, 1.54) is 11.3 Å². The van der Waals surface area contributed by atoms with Crippen molar-refractivity contribution >= 4 is 50.7 Å². The Labute approximate surface area is 238 Å². The third kappa shape index (κ3) is 4.28. The molecule has 10 heteroatoms. The summed E-state index contributed by atoms with van der Waals surface area (Å²) < 4.78 is 13.1. The molecular weight excluding hydrogens is 559 g/mol. The van der Waals surface area contributed by atoms with E-state index in [1.54, 1.807) is 30.3 Å². The van der Waals surface area contributed by atoms with Crippen LogP contribution in [-0.2, 0) is 16.9 Å². The molecule has 0 aliphatic heterocycles. The van der Waals surface area contributed by atoms with Crippen LogP contribution in [0.25, 0.3) is 21.5 Å². The van der Waals surface area contributed by atoms with Gasteiger partial charge in [0.25, 0.3) is 0 Å². The zero-order valence-corrected chi connectivity index (χ0v) is 23.2. The maximum absolute atomic E-state index is 12.0. The molecular formula is C29H26Cl2N2O5S. The van der Waals surface area contributed by atoms with Gasteiger partial charge in [-0.25, -0.2) is 9.78 Å². The van der Waals surface area contributed by atoms with E-state index in [4.69, 9.17) is 37.4 Å². The number of halogens is 2. The van der Waals surface area contributed by atoms with Crippen molar-refractivity contribution in [1.29, 1.82) is 0 Å². The lowest BCUT2D eigenvalue weighted by atomic mass is 9.73. The molecule has 202 valence electrons. The second-order valence-corrected chi connectivity index (χ2v) is 12.8. The number of benzene rings is 2. The van der Waals surface area contributed by atoms with Crippen molar-refractivity contribution in [3.05, 3.63) is 68.3 Å². The van der Waals surface area contributed by atoms with Crippen LogP contribution in [0.1, 0.15) is 71.1 Å². The number of fused-ring (bicyclic) bond motifs is 3. The fourth-order valence-electron chi connectivity index (χ4n) is 6.47. The predicted octanol–water partition coefficient (Wildman–Crippen LogP) is 7.43. The summed E-state index contributed by atoms with van der Waals surface area (Å²) in [5, 5.41) is 27.4. The summed E-state index contributed by atoms with van der Waals surface area (Å²) in [5.74, 6) is 0.263. The first kappa shape index (κ1) is 25.5. The number of aromatic carboxylic acids is 1. The molecule has 4 atom stereocenters. The van der Waals surface area contributed by atoms with Gasteiger partial charge in [-0.05, 0) is 80.7 Å². The first-order valence-electron chi connectivity index (χ1n) is 13.2. The van der Waals surface area contributed by atoms with E-state index < -0.39 is 11.6 Å². The summed E-state index contributed by atoms with van der Waals surface area (Å²) in [6, 6.07) is 10.3. The van der Waals surface area contributed by atoms with Crippen molar-refractivity contribution in [2.24, 2.45) is 11.8 Å². The standard InChI is InChI=1S/C29H26Cl2N2O5S/c30-20-2-1-3-21(31)24(20)25-19(26(38-33-25)14-4-5-14)13-37-18-11-16-7-8-17(12-18)29(16,36)28-32-22-9-6-15(27(34)35)10-23(22)39-28/h1-3,6,9-10,14,16-18,36H,4-5,7-8,11-13H2,(H,34,35)/t16-,17+,18+,29-. The monoisotopic (exact) mass is 584 g/mol. The van der Waals surface area contributed by atoms with Crippen LogP contribution in [0.2, 0.25) is 10.0 Å². The molecule has 3 fully saturated rings. The molecule has 3 aliphatic rings. The van der Waals surface area contributed by atoms with Gasteiger partial charge in [-0.3, -0.25) is 0 Å². The molecule has 2 bridgehead atoms. The van der Waals surface area contributed by atoms with E-state index in [0.29, 0.717) is 38.8 Å². The average Bonchev–Trinajstić information content (AvgIpc) is 3.49. The number of aliphatic hydroxyl groups is 1. The number of hydrogen-bond donors (Lipinski definition) is 2. The Kier molecular flexibility index (Phi) is 6.25. The normalized spacial score (nSPS) is 26.4. The molecule has 39 heavy (non-hydrogen) atoms. The van der Waals surface area contributed by atoms with E-state index in [9.17, 15) is 15.0 Å². The highest BCUT2D eigenvalue weighted by Crippen LogP contribution is 2.57. The summed E-state index contributed by atoms with van der Waals surface area (Å²) in [6.07, 6.45) is 5.35. The van der Waals surface area contributed by atoms with Crippen molar-refractivity contribution in [3.63, 3.8) is 0 Å². The van der Waals surface area contributed by atoms with Gasteiger partial charge in [0.05, 0.1) is 38.5 Å². The van der Waals surface area contributed by atoms with Crippen molar-refractivity contribution in [2.75, 3.05) is 0 Å². The highest BCUT2D eigenvalue weighted by Gasteiger charge is 2.56. The molecule has 0 spiro atoms. The lowest BCUT2D eigenvalue weighted by molar-refractivity contribution is -0.116. The maximum atomic E-state index is 12.0. The zero-order chi connectivity index (χ0) is 26.9. The Morgan fingerprint density at radius 1 is 1.10 bits per heavy atom. The van der Waals surface area contributed by atoms with Gasteiger partial charge < -0.3 is 19.5 Å². The topological polar surface area (TPSA) is 106 Å². The number of carboxylic acids is 1. The van der Waals surface area contributed by atoms with Crippen LogP contribution in [0.5, 0.6) is 0 Å². The number of thiazole rings is 1. The Hall–Kier alpha value is -2.49. The molecule has 0 unspecified atom stereocenters. The van der Waals surface area contributed by atoms with E-state index in [0.717, 1.165) is 60.1 Å². The average molecular weight is 586 g/mol. The van der Waals surface area contributed by atoms with Crippen molar-refractivity contribution < 1.29 is 24.3 Å². The smallest absolute Gasteiger partial charge is 0.335 e. The first-order chi connectivity index (χ1) is 18.8. The van der Waals surface area contributed by atoms with Crippen molar-refractivity contribution in [3.8, 4) is 11.3 Å². The van der Waals surface area contributed by atoms with Gasteiger partial charge in [0.15, 0.2) is 0 Å². The third-order valence-electron chi connectivity index (χ3n) is 8.61. The molecule has 3 aliphatic carbocycles. The van der Waals surface area contributed by atoms with E-state index >= 15 is 0 Å². The third-order valence-corrected chi connectivity index (χ3v) is 10.4. The molecule has 0 saturated heterocycles. The highest BCUT2D eigenvalue weighted by atomic mass is 35.5. The second kappa shape index (κ2) is 9.56. The van der Waals surface area contributed by atoms with E-state index in [2.05, 4.69) is 5.16 Å². The molecule has 7 nitrogen and oxygen atoms in total. The van der Waals surface area contributed by atoms with Crippen LogP contribution in [-0.4, -0.2) is 32.4 Å². The quantitative estimate of drug-likeness (QED) is 0.232. The number of hydrogen-bond acceptors (Lipinski definition) is 7. The predicted molar refractivity (Wildman–Crippen MR) is 148 cm³/mol. The van der Waals surface area contributed by atoms with Crippen LogP contribution in [0.4, 0.5) is 0 Å². The van der Waals surface area contributed by atoms with Gasteiger partial charge in [0.1, 0.15) is 22.1 Å². The molecule has 7 rings (SSSR count). The molecule has 2 aromatic heterocycles.